The SMILES string of the molecule is CCN(CC)CCN(c1ccc(C(C)(C)C)cc1)c1cccc(Cl)c1. The summed E-state index contributed by atoms with van der Waals surface area (Å²) in [5.74, 6) is 0. The zero-order valence-electron chi connectivity index (χ0n) is 16.2. The van der Waals surface area contributed by atoms with Gasteiger partial charge in [0.05, 0.1) is 0 Å². The second-order valence-electron chi connectivity index (χ2n) is 7.46. The first-order valence-corrected chi connectivity index (χ1v) is 9.59. The van der Waals surface area contributed by atoms with Crippen LogP contribution in [0.15, 0.2) is 48.5 Å². The molecule has 0 fully saturated rings. The van der Waals surface area contributed by atoms with Gasteiger partial charge in [0.2, 0.25) is 0 Å². The van der Waals surface area contributed by atoms with Crippen molar-refractivity contribution >= 4 is 23.0 Å². The van der Waals surface area contributed by atoms with Gasteiger partial charge in [0.15, 0.2) is 0 Å². The summed E-state index contributed by atoms with van der Waals surface area (Å²) in [7, 11) is 0. The quantitative estimate of drug-likeness (QED) is 0.588. The Morgan fingerprint density at radius 1 is 0.840 bits per heavy atom. The van der Waals surface area contributed by atoms with Crippen LogP contribution in [0.5, 0.6) is 0 Å². The Morgan fingerprint density at radius 2 is 1.48 bits per heavy atom. The summed E-state index contributed by atoms with van der Waals surface area (Å²) in [6, 6.07) is 17.1. The maximum Gasteiger partial charge on any atom is 0.0426 e. The molecule has 2 aromatic carbocycles. The minimum absolute atomic E-state index is 0.167. The van der Waals surface area contributed by atoms with E-state index in [4.69, 9.17) is 11.6 Å². The van der Waals surface area contributed by atoms with Crippen LogP contribution in [-0.4, -0.2) is 31.1 Å². The molecule has 136 valence electrons. The molecule has 0 amide bonds. The molecule has 2 aromatic rings. The average molecular weight is 359 g/mol. The van der Waals surface area contributed by atoms with E-state index < -0.39 is 0 Å². The van der Waals surface area contributed by atoms with Gasteiger partial charge in [-0.2, -0.15) is 0 Å². The van der Waals surface area contributed by atoms with E-state index in [2.05, 4.69) is 74.8 Å². The molecule has 0 heterocycles. The summed E-state index contributed by atoms with van der Waals surface area (Å²) in [5, 5.41) is 0.775. The average Bonchev–Trinajstić information content (AvgIpc) is 2.58. The second kappa shape index (κ2) is 8.73. The minimum atomic E-state index is 0.167. The number of hydrogen-bond donors (Lipinski definition) is 0. The number of rotatable bonds is 7. The van der Waals surface area contributed by atoms with Crippen LogP contribution in [-0.2, 0) is 5.41 Å². The van der Waals surface area contributed by atoms with Crippen molar-refractivity contribution in [1.29, 1.82) is 0 Å². The molecular weight excluding hydrogens is 328 g/mol. The molecule has 2 nitrogen and oxygen atoms in total. The Labute approximate surface area is 158 Å². The van der Waals surface area contributed by atoms with Gasteiger partial charge in [-0.15, -0.1) is 0 Å². The van der Waals surface area contributed by atoms with E-state index >= 15 is 0 Å². The molecule has 0 aromatic heterocycles. The first-order chi connectivity index (χ1) is 11.8. The molecule has 0 unspecified atom stereocenters. The third kappa shape index (κ3) is 5.49. The number of nitrogens with zero attached hydrogens (tertiary/aromatic N) is 2. The molecule has 0 bridgehead atoms. The summed E-state index contributed by atoms with van der Waals surface area (Å²) in [5.41, 5.74) is 3.87. The van der Waals surface area contributed by atoms with Gasteiger partial charge >= 0.3 is 0 Å². The molecule has 0 saturated carbocycles. The molecule has 2 rings (SSSR count). The third-order valence-corrected chi connectivity index (χ3v) is 4.93. The van der Waals surface area contributed by atoms with Crippen molar-refractivity contribution in [2.45, 2.75) is 40.0 Å². The molecule has 0 spiro atoms. The largest absolute Gasteiger partial charge is 0.340 e. The molecule has 0 saturated heterocycles. The maximum absolute atomic E-state index is 6.24. The minimum Gasteiger partial charge on any atom is -0.340 e. The number of anilines is 2. The molecule has 0 radical (unpaired) electrons. The van der Waals surface area contributed by atoms with E-state index in [0.717, 1.165) is 36.9 Å². The van der Waals surface area contributed by atoms with Crippen LogP contribution >= 0.6 is 11.6 Å². The van der Waals surface area contributed by atoms with Gasteiger partial charge < -0.3 is 9.80 Å². The monoisotopic (exact) mass is 358 g/mol. The van der Waals surface area contributed by atoms with Crippen LogP contribution in [0, 0.1) is 0 Å². The summed E-state index contributed by atoms with van der Waals surface area (Å²) >= 11 is 6.24. The predicted molar refractivity (Wildman–Crippen MR) is 111 cm³/mol. The van der Waals surface area contributed by atoms with Crippen LogP contribution in [0.4, 0.5) is 11.4 Å². The Kier molecular flexibility index (Phi) is 6.92. The van der Waals surface area contributed by atoms with E-state index in [1.54, 1.807) is 0 Å². The van der Waals surface area contributed by atoms with Crippen LogP contribution < -0.4 is 4.90 Å². The van der Waals surface area contributed by atoms with Crippen LogP contribution in [0.1, 0.15) is 40.2 Å². The molecule has 3 heteroatoms. The zero-order valence-corrected chi connectivity index (χ0v) is 17.0. The van der Waals surface area contributed by atoms with Crippen LogP contribution in [0.2, 0.25) is 5.02 Å². The van der Waals surface area contributed by atoms with Crippen molar-refractivity contribution in [3.63, 3.8) is 0 Å². The lowest BCUT2D eigenvalue weighted by molar-refractivity contribution is 0.312. The van der Waals surface area contributed by atoms with Crippen molar-refractivity contribution in [3.05, 3.63) is 59.1 Å². The van der Waals surface area contributed by atoms with Gasteiger partial charge in [-0.05, 0) is 54.4 Å². The fraction of sp³-hybridized carbons (Fsp3) is 0.455. The topological polar surface area (TPSA) is 6.48 Å². The van der Waals surface area contributed by atoms with E-state index in [1.807, 2.05) is 18.2 Å². The first-order valence-electron chi connectivity index (χ1n) is 9.21. The molecule has 0 N–H and O–H groups in total. The molecule has 0 atom stereocenters. The lowest BCUT2D eigenvalue weighted by atomic mass is 9.87. The van der Waals surface area contributed by atoms with Crippen molar-refractivity contribution in [1.82, 2.24) is 4.90 Å². The number of hydrogen-bond acceptors (Lipinski definition) is 2. The first kappa shape index (κ1) is 19.8. The van der Waals surface area contributed by atoms with Crippen LogP contribution in [0.25, 0.3) is 0 Å². The second-order valence-corrected chi connectivity index (χ2v) is 7.89. The molecule has 0 aliphatic heterocycles. The number of benzene rings is 2. The third-order valence-electron chi connectivity index (χ3n) is 4.70. The van der Waals surface area contributed by atoms with E-state index in [-0.39, 0.29) is 5.41 Å². The smallest absolute Gasteiger partial charge is 0.0426 e. The molecule has 0 aliphatic carbocycles. The van der Waals surface area contributed by atoms with Crippen molar-refractivity contribution in [2.24, 2.45) is 0 Å². The summed E-state index contributed by atoms with van der Waals surface area (Å²) in [4.78, 5) is 4.80. The molecule has 0 aliphatic rings. The Hall–Kier alpha value is -1.51. The van der Waals surface area contributed by atoms with Crippen molar-refractivity contribution < 1.29 is 0 Å². The highest BCUT2D eigenvalue weighted by atomic mass is 35.5. The Bertz CT molecular complexity index is 654. The van der Waals surface area contributed by atoms with Gasteiger partial charge in [0, 0.05) is 29.5 Å². The standard InChI is InChI=1S/C22H31ClN2/c1-6-24(7-2)15-16-25(21-10-8-9-19(23)17-21)20-13-11-18(12-14-20)22(3,4)5/h8-14,17H,6-7,15-16H2,1-5H3. The van der Waals surface area contributed by atoms with E-state index in [0.29, 0.717) is 0 Å². The predicted octanol–water partition coefficient (Wildman–Crippen LogP) is 6.12. The summed E-state index contributed by atoms with van der Waals surface area (Å²) in [6.45, 7) is 15.3. The highest BCUT2D eigenvalue weighted by Gasteiger charge is 2.15. The van der Waals surface area contributed by atoms with E-state index in [1.165, 1.54) is 11.3 Å². The lowest BCUT2D eigenvalue weighted by Crippen LogP contribution is -2.32. The molecular formula is C22H31ClN2. The maximum atomic E-state index is 6.24. The normalized spacial score (nSPS) is 11.8. The summed E-state index contributed by atoms with van der Waals surface area (Å²) in [6.07, 6.45) is 0. The van der Waals surface area contributed by atoms with Gasteiger partial charge in [-0.25, -0.2) is 0 Å². The Balaban J connectivity index is 2.30. The zero-order chi connectivity index (χ0) is 18.4. The molecule has 25 heavy (non-hydrogen) atoms. The van der Waals surface area contributed by atoms with Crippen molar-refractivity contribution in [3.8, 4) is 0 Å². The van der Waals surface area contributed by atoms with Crippen molar-refractivity contribution in [2.75, 3.05) is 31.1 Å². The highest BCUT2D eigenvalue weighted by Crippen LogP contribution is 2.30. The van der Waals surface area contributed by atoms with E-state index in [9.17, 15) is 0 Å². The number of likely N-dealkylation sites (N-methyl/N-ethyl adjacent to an activating group) is 1. The lowest BCUT2D eigenvalue weighted by Gasteiger charge is -2.29. The number of halogens is 1. The van der Waals surface area contributed by atoms with Crippen LogP contribution in [0.3, 0.4) is 0 Å². The fourth-order valence-corrected chi connectivity index (χ4v) is 3.16. The Morgan fingerprint density at radius 3 is 2.00 bits per heavy atom. The highest BCUT2D eigenvalue weighted by molar-refractivity contribution is 6.30. The van der Waals surface area contributed by atoms with Gasteiger partial charge in [-0.3, -0.25) is 0 Å². The summed E-state index contributed by atoms with van der Waals surface area (Å²) < 4.78 is 0. The fourth-order valence-electron chi connectivity index (χ4n) is 2.97. The van der Waals surface area contributed by atoms with Gasteiger partial charge in [0.1, 0.15) is 0 Å². The van der Waals surface area contributed by atoms with Gasteiger partial charge in [0.25, 0.3) is 0 Å². The van der Waals surface area contributed by atoms with Gasteiger partial charge in [-0.1, -0.05) is 64.4 Å².